The van der Waals surface area contributed by atoms with E-state index in [0.717, 1.165) is 22.2 Å². The number of nitrogens with one attached hydrogen (secondary N) is 3. The minimum atomic E-state index is -0.322. The first kappa shape index (κ1) is 22.2. The van der Waals surface area contributed by atoms with E-state index < -0.39 is 0 Å². The number of nitrogens with zero attached hydrogens (tertiary/aromatic N) is 2. The predicted octanol–water partition coefficient (Wildman–Crippen LogP) is 3.67. The number of hydrogen-bond donors (Lipinski definition) is 4. The molecule has 4 rings (SSSR count). The SMILES string of the molecule is N/C(CNCc1cccnc1)=C(/CCc1ccc(F)cc1)C(=O)Nc1nc2ccccc2[nH]1. The van der Waals surface area contributed by atoms with E-state index in [1.54, 1.807) is 24.5 Å². The van der Waals surface area contributed by atoms with Crippen molar-refractivity contribution in [2.45, 2.75) is 19.4 Å². The second-order valence-electron chi connectivity index (χ2n) is 7.65. The van der Waals surface area contributed by atoms with Gasteiger partial charge in [0.25, 0.3) is 5.91 Å². The third kappa shape index (κ3) is 6.02. The second kappa shape index (κ2) is 10.5. The monoisotopic (exact) mass is 444 g/mol. The standard InChI is InChI=1S/C25H25FN6O/c26-19-10-7-17(8-11-19)9-12-20(21(27)16-29-15-18-4-3-13-28-14-18)24(33)32-25-30-22-5-1-2-6-23(22)31-25/h1-8,10-11,13-14,29H,9,12,15-16,27H2,(H2,30,31,32,33)/b21-20-. The number of amides is 1. The van der Waals surface area contributed by atoms with Crippen molar-refractivity contribution >= 4 is 22.9 Å². The Morgan fingerprint density at radius 1 is 1.03 bits per heavy atom. The summed E-state index contributed by atoms with van der Waals surface area (Å²) in [4.78, 5) is 24.7. The summed E-state index contributed by atoms with van der Waals surface area (Å²) in [6, 6.07) is 17.6. The lowest BCUT2D eigenvalue weighted by molar-refractivity contribution is -0.113. The quantitative estimate of drug-likeness (QED) is 0.295. The van der Waals surface area contributed by atoms with Crippen molar-refractivity contribution in [1.29, 1.82) is 0 Å². The fourth-order valence-electron chi connectivity index (χ4n) is 3.49. The highest BCUT2D eigenvalue weighted by Gasteiger charge is 2.16. The van der Waals surface area contributed by atoms with Crippen LogP contribution in [0, 0.1) is 5.82 Å². The number of para-hydroxylation sites is 2. The van der Waals surface area contributed by atoms with Crippen LogP contribution in [-0.2, 0) is 17.8 Å². The zero-order valence-electron chi connectivity index (χ0n) is 18.0. The molecule has 0 aliphatic heterocycles. The molecule has 0 fully saturated rings. The molecule has 4 aromatic rings. The molecule has 0 unspecified atom stereocenters. The van der Waals surface area contributed by atoms with E-state index in [1.165, 1.54) is 12.1 Å². The van der Waals surface area contributed by atoms with Crippen molar-refractivity contribution in [3.63, 3.8) is 0 Å². The van der Waals surface area contributed by atoms with Gasteiger partial charge in [-0.15, -0.1) is 0 Å². The number of anilines is 1. The van der Waals surface area contributed by atoms with Gasteiger partial charge >= 0.3 is 0 Å². The van der Waals surface area contributed by atoms with Crippen LogP contribution in [0.4, 0.5) is 10.3 Å². The number of carbonyl (C=O) groups is 1. The summed E-state index contributed by atoms with van der Waals surface area (Å²) >= 11 is 0. The number of nitrogens with two attached hydrogens (primary N) is 1. The van der Waals surface area contributed by atoms with Gasteiger partial charge < -0.3 is 16.0 Å². The van der Waals surface area contributed by atoms with Crippen LogP contribution in [0.25, 0.3) is 11.0 Å². The lowest BCUT2D eigenvalue weighted by Gasteiger charge is -2.13. The second-order valence-corrected chi connectivity index (χ2v) is 7.65. The average Bonchev–Trinajstić information content (AvgIpc) is 3.23. The van der Waals surface area contributed by atoms with Crippen LogP contribution in [0.3, 0.4) is 0 Å². The maximum absolute atomic E-state index is 13.2. The molecule has 0 saturated heterocycles. The molecule has 33 heavy (non-hydrogen) atoms. The van der Waals surface area contributed by atoms with E-state index in [9.17, 15) is 9.18 Å². The van der Waals surface area contributed by atoms with Gasteiger partial charge in [-0.1, -0.05) is 30.3 Å². The summed E-state index contributed by atoms with van der Waals surface area (Å²) < 4.78 is 13.2. The zero-order valence-corrected chi connectivity index (χ0v) is 18.0. The summed E-state index contributed by atoms with van der Waals surface area (Å²) in [6.45, 7) is 0.909. The highest BCUT2D eigenvalue weighted by Crippen LogP contribution is 2.17. The number of aromatic amines is 1. The number of aromatic nitrogens is 3. The van der Waals surface area contributed by atoms with Crippen molar-refractivity contribution in [3.05, 3.63) is 101 Å². The van der Waals surface area contributed by atoms with Crippen molar-refractivity contribution in [3.8, 4) is 0 Å². The van der Waals surface area contributed by atoms with Crippen LogP contribution < -0.4 is 16.4 Å². The largest absolute Gasteiger partial charge is 0.401 e. The minimum Gasteiger partial charge on any atom is -0.401 e. The maximum Gasteiger partial charge on any atom is 0.255 e. The molecule has 7 nitrogen and oxygen atoms in total. The number of fused-ring (bicyclic) bond motifs is 1. The number of imidazole rings is 1. The first-order valence-corrected chi connectivity index (χ1v) is 10.7. The Labute approximate surface area is 191 Å². The number of hydrogen-bond acceptors (Lipinski definition) is 5. The summed E-state index contributed by atoms with van der Waals surface area (Å²) in [5, 5.41) is 6.08. The third-order valence-electron chi connectivity index (χ3n) is 5.23. The van der Waals surface area contributed by atoms with Gasteiger partial charge in [0.15, 0.2) is 0 Å². The summed E-state index contributed by atoms with van der Waals surface area (Å²) in [5.41, 5.74) is 10.8. The van der Waals surface area contributed by atoms with Crippen LogP contribution >= 0.6 is 0 Å². The smallest absolute Gasteiger partial charge is 0.255 e. The first-order chi connectivity index (χ1) is 16.1. The Kier molecular flexibility index (Phi) is 7.06. The van der Waals surface area contributed by atoms with Gasteiger partial charge in [-0.2, -0.15) is 0 Å². The number of H-pyrrole nitrogens is 1. The molecule has 0 spiro atoms. The Bertz CT molecular complexity index is 1220. The van der Waals surface area contributed by atoms with Gasteiger partial charge in [0.1, 0.15) is 5.82 Å². The van der Waals surface area contributed by atoms with Crippen LogP contribution in [-0.4, -0.2) is 27.4 Å². The fraction of sp³-hybridized carbons (Fsp3) is 0.160. The van der Waals surface area contributed by atoms with E-state index in [-0.39, 0.29) is 11.7 Å². The van der Waals surface area contributed by atoms with Crippen LogP contribution in [0.2, 0.25) is 0 Å². The van der Waals surface area contributed by atoms with Crippen molar-refractivity contribution in [2.75, 3.05) is 11.9 Å². The number of aryl methyl sites for hydroxylation is 1. The van der Waals surface area contributed by atoms with E-state index in [2.05, 4.69) is 25.6 Å². The van der Waals surface area contributed by atoms with Gasteiger partial charge in [0, 0.05) is 36.8 Å². The summed E-state index contributed by atoms with van der Waals surface area (Å²) in [6.07, 6.45) is 4.44. The third-order valence-corrected chi connectivity index (χ3v) is 5.23. The predicted molar refractivity (Wildman–Crippen MR) is 127 cm³/mol. The number of pyridine rings is 1. The molecule has 2 aromatic heterocycles. The van der Waals surface area contributed by atoms with Gasteiger partial charge in [-0.25, -0.2) is 9.37 Å². The van der Waals surface area contributed by atoms with Crippen LogP contribution in [0.1, 0.15) is 17.5 Å². The summed E-state index contributed by atoms with van der Waals surface area (Å²) in [7, 11) is 0. The van der Waals surface area contributed by atoms with Crippen molar-refractivity contribution < 1.29 is 9.18 Å². The van der Waals surface area contributed by atoms with E-state index in [4.69, 9.17) is 5.73 Å². The molecule has 0 saturated carbocycles. The Morgan fingerprint density at radius 2 is 1.85 bits per heavy atom. The molecule has 0 radical (unpaired) electrons. The number of benzene rings is 2. The number of carbonyl (C=O) groups excluding carboxylic acids is 1. The van der Waals surface area contributed by atoms with Gasteiger partial charge in [-0.05, 0) is 54.3 Å². The highest BCUT2D eigenvalue weighted by atomic mass is 19.1. The topological polar surface area (TPSA) is 109 Å². The lowest BCUT2D eigenvalue weighted by Crippen LogP contribution is -2.26. The number of halogens is 1. The molecule has 2 heterocycles. The lowest BCUT2D eigenvalue weighted by atomic mass is 10.0. The molecule has 1 amide bonds. The molecule has 8 heteroatoms. The van der Waals surface area contributed by atoms with Gasteiger partial charge in [0.2, 0.25) is 5.95 Å². The van der Waals surface area contributed by atoms with Crippen molar-refractivity contribution in [1.82, 2.24) is 20.3 Å². The normalized spacial score (nSPS) is 11.9. The van der Waals surface area contributed by atoms with Crippen molar-refractivity contribution in [2.24, 2.45) is 5.73 Å². The fourth-order valence-corrected chi connectivity index (χ4v) is 3.49. The van der Waals surface area contributed by atoms with Gasteiger partial charge in [-0.3, -0.25) is 15.1 Å². The maximum atomic E-state index is 13.2. The van der Waals surface area contributed by atoms with E-state index in [0.29, 0.717) is 43.1 Å². The molecule has 0 bridgehead atoms. The van der Waals surface area contributed by atoms with Gasteiger partial charge in [0.05, 0.1) is 11.0 Å². The molecule has 0 aliphatic rings. The molecule has 5 N–H and O–H groups in total. The molecular weight excluding hydrogens is 419 g/mol. The van der Waals surface area contributed by atoms with E-state index in [1.807, 2.05) is 36.4 Å². The van der Waals surface area contributed by atoms with Crippen LogP contribution in [0.15, 0.2) is 84.3 Å². The molecule has 2 aromatic carbocycles. The highest BCUT2D eigenvalue weighted by molar-refractivity contribution is 6.04. The zero-order chi connectivity index (χ0) is 23.0. The molecule has 168 valence electrons. The Hall–Kier alpha value is -4.04. The molecule has 0 atom stereocenters. The molecular formula is C25H25FN6O. The minimum absolute atomic E-state index is 0.295. The summed E-state index contributed by atoms with van der Waals surface area (Å²) in [5.74, 6) is -0.260. The average molecular weight is 445 g/mol. The van der Waals surface area contributed by atoms with E-state index >= 15 is 0 Å². The molecule has 0 aliphatic carbocycles. The van der Waals surface area contributed by atoms with Crippen LogP contribution in [0.5, 0.6) is 0 Å². The number of rotatable bonds is 9. The Balaban J connectivity index is 1.48. The first-order valence-electron chi connectivity index (χ1n) is 10.7. The Morgan fingerprint density at radius 3 is 2.61 bits per heavy atom.